The fourth-order valence-electron chi connectivity index (χ4n) is 3.34. The van der Waals surface area contributed by atoms with E-state index in [1.54, 1.807) is 0 Å². The molecule has 3 heterocycles. The molecule has 2 aromatic carbocycles. The molecule has 3 aromatic heterocycles. The summed E-state index contributed by atoms with van der Waals surface area (Å²) in [5.41, 5.74) is 5.03. The zero-order valence-corrected chi connectivity index (χ0v) is 17.5. The highest BCUT2D eigenvalue weighted by Crippen LogP contribution is 2.28. The number of para-hydroxylation sites is 1. The Bertz CT molecular complexity index is 1390. The number of anilines is 1. The molecule has 0 fully saturated rings. The Morgan fingerprint density at radius 1 is 1.14 bits per heavy atom. The maximum absolute atomic E-state index is 12.5. The highest BCUT2D eigenvalue weighted by molar-refractivity contribution is 7.99. The molecular weight excluding hydrogens is 402 g/mol. The van der Waals surface area contributed by atoms with Crippen molar-refractivity contribution in [2.45, 2.75) is 19.0 Å². The number of fused-ring (bicyclic) bond motifs is 4. The van der Waals surface area contributed by atoms with Gasteiger partial charge in [0.25, 0.3) is 0 Å². The van der Waals surface area contributed by atoms with Gasteiger partial charge in [-0.05, 0) is 49.2 Å². The second-order valence-corrected chi connectivity index (χ2v) is 8.82. The third kappa shape index (κ3) is 3.34. The maximum Gasteiger partial charge on any atom is 0.236 e. The number of carbonyl (C=O) groups excluding carboxylic acids is 1. The standard InChI is InChI=1S/C21H17N5OS2/c1-12-7-8-17-15(9-12)22-20(29-17)23-19(27)11-28-21-25-24-18-10-13(2)14-5-3-4-6-16(14)26(18)21/h3-10H,11H2,1-2H3,(H,22,23,27). The van der Waals surface area contributed by atoms with Gasteiger partial charge in [-0.2, -0.15) is 0 Å². The van der Waals surface area contributed by atoms with Gasteiger partial charge in [0, 0.05) is 5.39 Å². The zero-order valence-electron chi connectivity index (χ0n) is 15.8. The number of nitrogens with zero attached hydrogens (tertiary/aromatic N) is 4. The van der Waals surface area contributed by atoms with Gasteiger partial charge in [0.15, 0.2) is 15.9 Å². The summed E-state index contributed by atoms with van der Waals surface area (Å²) in [5, 5.41) is 13.9. The van der Waals surface area contributed by atoms with Gasteiger partial charge in [0.05, 0.1) is 21.5 Å². The van der Waals surface area contributed by atoms with Gasteiger partial charge in [-0.25, -0.2) is 4.98 Å². The van der Waals surface area contributed by atoms with E-state index in [0.29, 0.717) is 10.3 Å². The fraction of sp³-hybridized carbons (Fsp3) is 0.143. The zero-order chi connectivity index (χ0) is 20.0. The normalized spacial score (nSPS) is 11.5. The molecular formula is C21H17N5OS2. The van der Waals surface area contributed by atoms with E-state index >= 15 is 0 Å². The van der Waals surface area contributed by atoms with Gasteiger partial charge in [-0.3, -0.25) is 9.20 Å². The summed E-state index contributed by atoms with van der Waals surface area (Å²) in [6.45, 7) is 4.10. The predicted molar refractivity (Wildman–Crippen MR) is 119 cm³/mol. The number of nitrogens with one attached hydrogen (secondary N) is 1. The summed E-state index contributed by atoms with van der Waals surface area (Å²) in [4.78, 5) is 17.0. The highest BCUT2D eigenvalue weighted by atomic mass is 32.2. The third-order valence-electron chi connectivity index (χ3n) is 4.70. The summed E-state index contributed by atoms with van der Waals surface area (Å²) >= 11 is 2.85. The molecule has 0 saturated heterocycles. The smallest absolute Gasteiger partial charge is 0.236 e. The number of aryl methyl sites for hydroxylation is 2. The Morgan fingerprint density at radius 2 is 2.00 bits per heavy atom. The number of hydrogen-bond acceptors (Lipinski definition) is 6. The van der Waals surface area contributed by atoms with E-state index < -0.39 is 0 Å². The van der Waals surface area contributed by atoms with Gasteiger partial charge in [-0.1, -0.05) is 47.4 Å². The van der Waals surface area contributed by atoms with Crippen molar-refractivity contribution in [3.8, 4) is 0 Å². The Balaban J connectivity index is 1.37. The number of pyridine rings is 1. The molecule has 0 aliphatic rings. The average molecular weight is 420 g/mol. The van der Waals surface area contributed by atoms with Gasteiger partial charge in [0.2, 0.25) is 5.91 Å². The molecule has 0 radical (unpaired) electrons. The molecule has 144 valence electrons. The van der Waals surface area contributed by atoms with E-state index in [0.717, 1.165) is 37.9 Å². The average Bonchev–Trinajstić information content (AvgIpc) is 3.29. The van der Waals surface area contributed by atoms with Gasteiger partial charge < -0.3 is 5.32 Å². The lowest BCUT2D eigenvalue weighted by Gasteiger charge is -2.07. The van der Waals surface area contributed by atoms with Crippen LogP contribution in [-0.4, -0.2) is 31.2 Å². The molecule has 0 saturated carbocycles. The van der Waals surface area contributed by atoms with Crippen molar-refractivity contribution < 1.29 is 4.79 Å². The summed E-state index contributed by atoms with van der Waals surface area (Å²) in [6, 6.07) is 16.3. The number of rotatable bonds is 4. The molecule has 1 N–H and O–H groups in total. The fourth-order valence-corrected chi connectivity index (χ4v) is 4.96. The Labute approximate surface area is 175 Å². The van der Waals surface area contributed by atoms with Crippen molar-refractivity contribution in [3.63, 3.8) is 0 Å². The van der Waals surface area contributed by atoms with Crippen LogP contribution in [0, 0.1) is 13.8 Å². The van der Waals surface area contributed by atoms with Crippen LogP contribution >= 0.6 is 23.1 Å². The van der Waals surface area contributed by atoms with Crippen LogP contribution in [-0.2, 0) is 4.79 Å². The van der Waals surface area contributed by atoms with Crippen molar-refractivity contribution in [1.29, 1.82) is 0 Å². The summed E-state index contributed by atoms with van der Waals surface area (Å²) in [7, 11) is 0. The number of benzene rings is 2. The lowest BCUT2D eigenvalue weighted by atomic mass is 10.1. The second kappa shape index (κ2) is 7.13. The molecule has 5 aromatic rings. The molecule has 6 nitrogen and oxygen atoms in total. The van der Waals surface area contributed by atoms with E-state index in [4.69, 9.17) is 0 Å². The van der Waals surface area contributed by atoms with Crippen LogP contribution in [0.15, 0.2) is 53.7 Å². The molecule has 29 heavy (non-hydrogen) atoms. The topological polar surface area (TPSA) is 72.2 Å². The number of thioether (sulfide) groups is 1. The Morgan fingerprint density at radius 3 is 2.90 bits per heavy atom. The molecule has 0 unspecified atom stereocenters. The first-order valence-corrected chi connectivity index (χ1v) is 10.9. The molecule has 0 bridgehead atoms. The van der Waals surface area contributed by atoms with Crippen LogP contribution in [0.5, 0.6) is 0 Å². The van der Waals surface area contributed by atoms with Crippen LogP contribution in [0.2, 0.25) is 0 Å². The molecule has 8 heteroatoms. The van der Waals surface area contributed by atoms with Gasteiger partial charge in [-0.15, -0.1) is 10.2 Å². The first-order chi connectivity index (χ1) is 14.1. The van der Waals surface area contributed by atoms with E-state index in [2.05, 4.69) is 33.5 Å². The quantitative estimate of drug-likeness (QED) is 0.422. The SMILES string of the molecule is Cc1ccc2sc(NC(=O)CSc3nnc4cc(C)c5ccccc5n34)nc2c1. The number of amides is 1. The minimum atomic E-state index is -0.112. The van der Waals surface area contributed by atoms with Crippen molar-refractivity contribution >= 4 is 60.9 Å². The summed E-state index contributed by atoms with van der Waals surface area (Å²) in [6.07, 6.45) is 0. The molecule has 0 spiro atoms. The Hall–Kier alpha value is -2.97. The van der Waals surface area contributed by atoms with E-state index in [1.807, 2.05) is 53.8 Å². The Kier molecular flexibility index (Phi) is 4.44. The maximum atomic E-state index is 12.5. The molecule has 0 atom stereocenters. The largest absolute Gasteiger partial charge is 0.301 e. The van der Waals surface area contributed by atoms with E-state index in [9.17, 15) is 4.79 Å². The number of hydrogen-bond donors (Lipinski definition) is 1. The molecule has 5 rings (SSSR count). The van der Waals surface area contributed by atoms with Crippen LogP contribution in [0.25, 0.3) is 26.8 Å². The molecule has 1 amide bonds. The monoisotopic (exact) mass is 419 g/mol. The minimum Gasteiger partial charge on any atom is -0.301 e. The van der Waals surface area contributed by atoms with Crippen LogP contribution in [0.1, 0.15) is 11.1 Å². The van der Waals surface area contributed by atoms with Crippen molar-refractivity contribution in [2.24, 2.45) is 0 Å². The molecule has 0 aliphatic heterocycles. The summed E-state index contributed by atoms with van der Waals surface area (Å²) in [5.74, 6) is 0.122. The van der Waals surface area contributed by atoms with Gasteiger partial charge in [0.1, 0.15) is 0 Å². The second-order valence-electron chi connectivity index (χ2n) is 6.85. The number of carbonyl (C=O) groups is 1. The summed E-state index contributed by atoms with van der Waals surface area (Å²) < 4.78 is 3.06. The van der Waals surface area contributed by atoms with E-state index in [1.165, 1.54) is 23.1 Å². The lowest BCUT2D eigenvalue weighted by molar-refractivity contribution is -0.113. The third-order valence-corrected chi connectivity index (χ3v) is 6.58. The first-order valence-electron chi connectivity index (χ1n) is 9.12. The minimum absolute atomic E-state index is 0.112. The molecule has 0 aliphatic carbocycles. The van der Waals surface area contributed by atoms with Gasteiger partial charge >= 0.3 is 0 Å². The van der Waals surface area contributed by atoms with Crippen molar-refractivity contribution in [1.82, 2.24) is 19.6 Å². The predicted octanol–water partition coefficient (Wildman–Crippen LogP) is 4.84. The van der Waals surface area contributed by atoms with Crippen molar-refractivity contribution in [3.05, 3.63) is 59.7 Å². The lowest BCUT2D eigenvalue weighted by Crippen LogP contribution is -2.14. The van der Waals surface area contributed by atoms with Crippen molar-refractivity contribution in [2.75, 3.05) is 11.1 Å². The van der Waals surface area contributed by atoms with E-state index in [-0.39, 0.29) is 11.7 Å². The van der Waals surface area contributed by atoms with Crippen LogP contribution in [0.4, 0.5) is 5.13 Å². The first kappa shape index (κ1) is 18.1. The number of thiazole rings is 1. The highest BCUT2D eigenvalue weighted by Gasteiger charge is 2.14. The number of aromatic nitrogens is 4. The van der Waals surface area contributed by atoms with Crippen LogP contribution < -0.4 is 5.32 Å². The van der Waals surface area contributed by atoms with Crippen LogP contribution in [0.3, 0.4) is 0 Å².